The van der Waals surface area contributed by atoms with Crippen LogP contribution in [-0.4, -0.2) is 14.7 Å². The average molecular weight is 218 g/mol. The third kappa shape index (κ3) is 1.72. The van der Waals surface area contributed by atoms with Gasteiger partial charge in [0.2, 0.25) is 0 Å². The first kappa shape index (κ1) is 10.2. The van der Waals surface area contributed by atoms with Crippen LogP contribution in [0.25, 0.3) is 5.69 Å². The Morgan fingerprint density at radius 1 is 1.44 bits per heavy atom. The Kier molecular flexibility index (Phi) is 2.32. The number of rotatable bonds is 2. The van der Waals surface area contributed by atoms with Gasteiger partial charge in [-0.05, 0) is 25.1 Å². The van der Waals surface area contributed by atoms with E-state index in [1.807, 2.05) is 13.0 Å². The lowest BCUT2D eigenvalue weighted by Crippen LogP contribution is -2.00. The van der Waals surface area contributed by atoms with Crippen molar-refractivity contribution in [1.82, 2.24) is 9.78 Å². The number of nitrogens with zero attached hydrogens (tertiary/aromatic N) is 3. The van der Waals surface area contributed by atoms with Gasteiger partial charge in [0, 0.05) is 12.3 Å². The second-order valence-corrected chi connectivity index (χ2v) is 3.40. The fraction of sp³-hybridized carbons (Fsp3) is 0.100. The summed E-state index contributed by atoms with van der Waals surface area (Å²) >= 11 is 0. The molecule has 0 aliphatic heterocycles. The molecular formula is C10H10N4O2. The summed E-state index contributed by atoms with van der Waals surface area (Å²) in [7, 11) is 0. The van der Waals surface area contributed by atoms with Gasteiger partial charge in [-0.3, -0.25) is 10.1 Å². The van der Waals surface area contributed by atoms with Crippen LogP contribution in [-0.2, 0) is 0 Å². The van der Waals surface area contributed by atoms with Crippen molar-refractivity contribution >= 4 is 11.4 Å². The molecule has 0 amide bonds. The first-order chi connectivity index (χ1) is 7.58. The number of aromatic nitrogens is 2. The van der Waals surface area contributed by atoms with Crippen molar-refractivity contribution < 1.29 is 4.92 Å². The Balaban J connectivity index is 2.45. The maximum atomic E-state index is 10.6. The molecular weight excluding hydrogens is 208 g/mol. The Bertz CT molecular complexity index is 548. The fourth-order valence-corrected chi connectivity index (χ4v) is 1.41. The number of aryl methyl sites for hydroxylation is 1. The number of benzene rings is 1. The van der Waals surface area contributed by atoms with Crippen molar-refractivity contribution in [1.29, 1.82) is 0 Å². The predicted molar refractivity (Wildman–Crippen MR) is 59.4 cm³/mol. The molecule has 2 rings (SSSR count). The summed E-state index contributed by atoms with van der Waals surface area (Å²) in [5, 5.41) is 14.8. The smallest absolute Gasteiger partial charge is 0.292 e. The van der Waals surface area contributed by atoms with E-state index in [0.29, 0.717) is 5.69 Å². The molecule has 6 nitrogen and oxygen atoms in total. The zero-order chi connectivity index (χ0) is 11.7. The van der Waals surface area contributed by atoms with Crippen molar-refractivity contribution in [2.75, 3.05) is 5.73 Å². The summed E-state index contributed by atoms with van der Waals surface area (Å²) in [6, 6.07) is 6.37. The van der Waals surface area contributed by atoms with E-state index >= 15 is 0 Å². The molecule has 0 unspecified atom stereocenters. The number of nitro groups is 1. The van der Waals surface area contributed by atoms with Gasteiger partial charge >= 0.3 is 0 Å². The Hall–Kier alpha value is -2.37. The highest BCUT2D eigenvalue weighted by Gasteiger charge is 2.11. The molecule has 0 saturated heterocycles. The van der Waals surface area contributed by atoms with E-state index in [1.165, 1.54) is 12.1 Å². The van der Waals surface area contributed by atoms with Gasteiger partial charge in [-0.1, -0.05) is 0 Å². The topological polar surface area (TPSA) is 87.0 Å². The van der Waals surface area contributed by atoms with E-state index in [1.54, 1.807) is 16.9 Å². The van der Waals surface area contributed by atoms with Crippen LogP contribution < -0.4 is 5.73 Å². The normalized spacial score (nSPS) is 10.3. The number of nitro benzene ring substituents is 1. The van der Waals surface area contributed by atoms with E-state index in [2.05, 4.69) is 5.10 Å². The van der Waals surface area contributed by atoms with E-state index in [-0.39, 0.29) is 11.4 Å². The highest BCUT2D eigenvalue weighted by Crippen LogP contribution is 2.23. The van der Waals surface area contributed by atoms with Crippen molar-refractivity contribution in [3.8, 4) is 5.69 Å². The van der Waals surface area contributed by atoms with Crippen LogP contribution in [0, 0.1) is 17.0 Å². The zero-order valence-corrected chi connectivity index (χ0v) is 8.62. The zero-order valence-electron chi connectivity index (χ0n) is 8.62. The molecule has 0 fully saturated rings. The maximum Gasteiger partial charge on any atom is 0.292 e. The van der Waals surface area contributed by atoms with Gasteiger partial charge in [-0.25, -0.2) is 4.68 Å². The Morgan fingerprint density at radius 3 is 2.69 bits per heavy atom. The molecule has 6 heteroatoms. The van der Waals surface area contributed by atoms with E-state index in [9.17, 15) is 10.1 Å². The first-order valence-corrected chi connectivity index (χ1v) is 4.64. The largest absolute Gasteiger partial charge is 0.393 e. The molecule has 2 aromatic rings. The van der Waals surface area contributed by atoms with Crippen molar-refractivity contribution in [3.05, 3.63) is 46.3 Å². The van der Waals surface area contributed by atoms with Crippen LogP contribution >= 0.6 is 0 Å². The number of nitrogens with two attached hydrogens (primary N) is 1. The lowest BCUT2D eigenvalue weighted by Gasteiger charge is -2.02. The number of hydrogen-bond acceptors (Lipinski definition) is 4. The highest BCUT2D eigenvalue weighted by molar-refractivity contribution is 5.62. The number of hydrogen-bond donors (Lipinski definition) is 1. The average Bonchev–Trinajstić information content (AvgIpc) is 2.64. The minimum Gasteiger partial charge on any atom is -0.393 e. The molecule has 1 aromatic carbocycles. The van der Waals surface area contributed by atoms with Crippen LogP contribution in [0.3, 0.4) is 0 Å². The molecule has 0 saturated carbocycles. The van der Waals surface area contributed by atoms with Crippen molar-refractivity contribution in [2.45, 2.75) is 6.92 Å². The molecule has 0 radical (unpaired) electrons. The van der Waals surface area contributed by atoms with Crippen LogP contribution in [0.2, 0.25) is 0 Å². The molecule has 0 aliphatic carbocycles. The fourth-order valence-electron chi connectivity index (χ4n) is 1.41. The lowest BCUT2D eigenvalue weighted by molar-refractivity contribution is -0.383. The molecule has 16 heavy (non-hydrogen) atoms. The van der Waals surface area contributed by atoms with Gasteiger partial charge in [-0.15, -0.1) is 0 Å². The maximum absolute atomic E-state index is 10.6. The Morgan fingerprint density at radius 2 is 2.19 bits per heavy atom. The Labute approximate surface area is 91.5 Å². The summed E-state index contributed by atoms with van der Waals surface area (Å²) in [6.07, 6.45) is 1.77. The third-order valence-electron chi connectivity index (χ3n) is 2.19. The molecule has 2 N–H and O–H groups in total. The minimum absolute atomic E-state index is 0.0902. The quantitative estimate of drug-likeness (QED) is 0.472. The van der Waals surface area contributed by atoms with Crippen molar-refractivity contribution in [3.63, 3.8) is 0 Å². The van der Waals surface area contributed by atoms with Crippen LogP contribution in [0.4, 0.5) is 11.4 Å². The molecule has 0 bridgehead atoms. The van der Waals surface area contributed by atoms with Gasteiger partial charge in [0.25, 0.3) is 5.69 Å². The highest BCUT2D eigenvalue weighted by atomic mass is 16.6. The molecule has 0 spiro atoms. The second-order valence-electron chi connectivity index (χ2n) is 3.40. The minimum atomic E-state index is -0.506. The summed E-state index contributed by atoms with van der Waals surface area (Å²) in [4.78, 5) is 10.1. The van der Waals surface area contributed by atoms with Crippen molar-refractivity contribution in [2.24, 2.45) is 0 Å². The first-order valence-electron chi connectivity index (χ1n) is 4.64. The molecule has 1 heterocycles. The van der Waals surface area contributed by atoms with Gasteiger partial charge in [-0.2, -0.15) is 5.10 Å². The van der Waals surface area contributed by atoms with E-state index in [0.717, 1.165) is 5.69 Å². The van der Waals surface area contributed by atoms with Gasteiger partial charge < -0.3 is 5.73 Å². The van der Waals surface area contributed by atoms with Gasteiger partial charge in [0.1, 0.15) is 5.69 Å². The van der Waals surface area contributed by atoms with E-state index < -0.39 is 4.92 Å². The second kappa shape index (κ2) is 3.65. The molecule has 0 aliphatic rings. The number of nitrogen functional groups attached to an aromatic ring is 1. The van der Waals surface area contributed by atoms with Crippen LogP contribution in [0.5, 0.6) is 0 Å². The monoisotopic (exact) mass is 218 g/mol. The summed E-state index contributed by atoms with van der Waals surface area (Å²) in [5.41, 5.74) is 7.21. The van der Waals surface area contributed by atoms with Crippen LogP contribution in [0.15, 0.2) is 30.5 Å². The molecule has 1 aromatic heterocycles. The number of anilines is 1. The molecule has 0 atom stereocenters. The third-order valence-corrected chi connectivity index (χ3v) is 2.19. The van der Waals surface area contributed by atoms with E-state index in [4.69, 9.17) is 5.73 Å². The van der Waals surface area contributed by atoms with Gasteiger partial charge in [0.05, 0.1) is 16.3 Å². The lowest BCUT2D eigenvalue weighted by atomic mass is 10.2. The summed E-state index contributed by atoms with van der Waals surface area (Å²) in [6.45, 7) is 1.87. The summed E-state index contributed by atoms with van der Waals surface area (Å²) < 4.78 is 1.62. The van der Waals surface area contributed by atoms with Crippen LogP contribution in [0.1, 0.15) is 5.69 Å². The van der Waals surface area contributed by atoms with Gasteiger partial charge in [0.15, 0.2) is 0 Å². The standard InChI is InChI=1S/C10H10N4O2/c1-7-4-5-13(12-7)8-2-3-10(14(15)16)9(11)6-8/h2-6H,11H2,1H3. The SMILES string of the molecule is Cc1ccn(-c2ccc([N+](=O)[O-])c(N)c2)n1. The molecule has 82 valence electrons. The summed E-state index contributed by atoms with van der Waals surface area (Å²) in [5.74, 6) is 0. The predicted octanol–water partition coefficient (Wildman–Crippen LogP) is 1.67.